The zero-order valence-electron chi connectivity index (χ0n) is 15.2. The van der Waals surface area contributed by atoms with Crippen LogP contribution in [0.4, 0.5) is 10.5 Å². The second-order valence-corrected chi connectivity index (χ2v) is 6.46. The van der Waals surface area contributed by atoms with Crippen molar-refractivity contribution in [3.05, 3.63) is 29.8 Å². The highest BCUT2D eigenvalue weighted by Gasteiger charge is 2.16. The molecule has 1 aliphatic rings. The third-order valence-electron chi connectivity index (χ3n) is 4.34. The smallest absolute Gasteiger partial charge is 0.321 e. The third-order valence-corrected chi connectivity index (χ3v) is 4.34. The topological polar surface area (TPSA) is 70.7 Å². The van der Waals surface area contributed by atoms with Crippen molar-refractivity contribution < 1.29 is 14.3 Å². The first-order valence-electron chi connectivity index (χ1n) is 9.12. The summed E-state index contributed by atoms with van der Waals surface area (Å²) in [5, 5.41) is 5.68. The fourth-order valence-electron chi connectivity index (χ4n) is 2.74. The third kappa shape index (κ3) is 6.38. The highest BCUT2D eigenvalue weighted by molar-refractivity contribution is 5.95. The Hall–Kier alpha value is -2.08. The van der Waals surface area contributed by atoms with Gasteiger partial charge in [0.05, 0.1) is 6.10 Å². The molecule has 0 aliphatic carbocycles. The lowest BCUT2D eigenvalue weighted by Crippen LogP contribution is -2.34. The van der Waals surface area contributed by atoms with Gasteiger partial charge in [-0.05, 0) is 56.4 Å². The monoisotopic (exact) mass is 347 g/mol. The summed E-state index contributed by atoms with van der Waals surface area (Å²) in [7, 11) is 1.78. The van der Waals surface area contributed by atoms with Gasteiger partial charge in [0.25, 0.3) is 5.91 Å². The summed E-state index contributed by atoms with van der Waals surface area (Å²) < 4.78 is 5.69. The minimum absolute atomic E-state index is 0.0932. The van der Waals surface area contributed by atoms with Crippen LogP contribution in [0.3, 0.4) is 0 Å². The van der Waals surface area contributed by atoms with Gasteiger partial charge in [0.15, 0.2) is 0 Å². The predicted molar refractivity (Wildman–Crippen MR) is 98.9 cm³/mol. The number of nitrogens with zero attached hydrogens (tertiary/aromatic N) is 1. The van der Waals surface area contributed by atoms with Gasteiger partial charge in [0.2, 0.25) is 0 Å². The molecule has 0 aromatic heterocycles. The van der Waals surface area contributed by atoms with Crippen LogP contribution in [0.2, 0.25) is 0 Å². The fourth-order valence-corrected chi connectivity index (χ4v) is 2.74. The van der Waals surface area contributed by atoms with Crippen molar-refractivity contribution in [2.24, 2.45) is 0 Å². The van der Waals surface area contributed by atoms with Crippen molar-refractivity contribution in [3.63, 3.8) is 0 Å². The van der Waals surface area contributed by atoms with Crippen LogP contribution in [0.25, 0.3) is 0 Å². The van der Waals surface area contributed by atoms with Crippen molar-refractivity contribution in [3.8, 4) is 0 Å². The average Bonchev–Trinajstić information content (AvgIpc) is 2.65. The van der Waals surface area contributed by atoms with Crippen molar-refractivity contribution in [1.29, 1.82) is 0 Å². The van der Waals surface area contributed by atoms with Crippen LogP contribution >= 0.6 is 0 Å². The van der Waals surface area contributed by atoms with Crippen LogP contribution in [0.5, 0.6) is 0 Å². The van der Waals surface area contributed by atoms with E-state index in [4.69, 9.17) is 4.74 Å². The molecular weight excluding hydrogens is 318 g/mol. The minimum Gasteiger partial charge on any atom is -0.378 e. The first-order chi connectivity index (χ1) is 12.1. The number of hydrogen-bond donors (Lipinski definition) is 2. The molecule has 0 bridgehead atoms. The molecule has 6 nitrogen and oxygen atoms in total. The predicted octanol–water partition coefficient (Wildman–Crippen LogP) is 3.25. The molecule has 1 aromatic rings. The van der Waals surface area contributed by atoms with Crippen molar-refractivity contribution >= 4 is 17.6 Å². The summed E-state index contributed by atoms with van der Waals surface area (Å²) in [6, 6.07) is 6.78. The van der Waals surface area contributed by atoms with Gasteiger partial charge in [0, 0.05) is 38.0 Å². The lowest BCUT2D eigenvalue weighted by atomic mass is 10.1. The molecule has 1 aliphatic heterocycles. The number of amides is 3. The minimum atomic E-state index is -0.154. The number of carbonyl (C=O) groups excluding carboxylic acids is 2. The molecule has 138 valence electrons. The van der Waals surface area contributed by atoms with E-state index in [0.717, 1.165) is 32.3 Å². The van der Waals surface area contributed by atoms with Crippen LogP contribution in [-0.4, -0.2) is 49.7 Å². The zero-order valence-corrected chi connectivity index (χ0v) is 15.2. The molecule has 2 rings (SSSR count). The normalized spacial score (nSPS) is 17.0. The molecule has 0 spiro atoms. The Morgan fingerprint density at radius 1 is 1.24 bits per heavy atom. The standard InChI is InChI=1S/C19H29N3O3/c1-3-12-20-18(23)15-7-9-16(10-8-15)21-19(24)22(2)13-11-17-6-4-5-14-25-17/h7-10,17H,3-6,11-14H2,1-2H3,(H,20,23)(H,21,24). The van der Waals surface area contributed by atoms with Gasteiger partial charge in [-0.15, -0.1) is 0 Å². The van der Waals surface area contributed by atoms with Crippen molar-refractivity contribution in [2.45, 2.75) is 45.1 Å². The van der Waals surface area contributed by atoms with Crippen molar-refractivity contribution in [1.82, 2.24) is 10.2 Å². The molecule has 0 saturated carbocycles. The average molecular weight is 347 g/mol. The molecule has 2 N–H and O–H groups in total. The van der Waals surface area contributed by atoms with Gasteiger partial charge in [-0.3, -0.25) is 4.79 Å². The number of carbonyl (C=O) groups is 2. The van der Waals surface area contributed by atoms with E-state index in [0.29, 0.717) is 24.3 Å². The van der Waals surface area contributed by atoms with Gasteiger partial charge in [-0.25, -0.2) is 4.79 Å². The molecule has 1 atom stereocenters. The number of rotatable bonds is 7. The SMILES string of the molecule is CCCNC(=O)c1ccc(NC(=O)N(C)CCC2CCCCO2)cc1. The summed E-state index contributed by atoms with van der Waals surface area (Å²) in [6.07, 6.45) is 5.46. The Labute approximate surface area is 149 Å². The second kappa shape index (κ2) is 10.0. The molecule has 3 amide bonds. The van der Waals surface area contributed by atoms with Crippen LogP contribution in [0.1, 0.15) is 49.4 Å². The largest absolute Gasteiger partial charge is 0.378 e. The molecule has 0 radical (unpaired) electrons. The Balaban J connectivity index is 1.77. The first kappa shape index (κ1) is 19.2. The number of benzene rings is 1. The second-order valence-electron chi connectivity index (χ2n) is 6.46. The quantitative estimate of drug-likeness (QED) is 0.795. The maximum atomic E-state index is 12.2. The van der Waals surface area contributed by atoms with E-state index in [1.54, 1.807) is 36.2 Å². The van der Waals surface area contributed by atoms with E-state index >= 15 is 0 Å². The van der Waals surface area contributed by atoms with Gasteiger partial charge >= 0.3 is 6.03 Å². The fraction of sp³-hybridized carbons (Fsp3) is 0.579. The Bertz CT molecular complexity index is 554. The van der Waals surface area contributed by atoms with E-state index < -0.39 is 0 Å². The van der Waals surface area contributed by atoms with Gasteiger partial charge < -0.3 is 20.3 Å². The number of anilines is 1. The molecule has 1 saturated heterocycles. The lowest BCUT2D eigenvalue weighted by molar-refractivity contribution is 0.00848. The Morgan fingerprint density at radius 3 is 2.64 bits per heavy atom. The number of ether oxygens (including phenoxy) is 1. The van der Waals surface area contributed by atoms with E-state index in [1.807, 2.05) is 6.92 Å². The molecule has 1 aromatic carbocycles. The van der Waals surface area contributed by atoms with E-state index in [1.165, 1.54) is 6.42 Å². The van der Waals surface area contributed by atoms with E-state index in [9.17, 15) is 9.59 Å². The molecule has 6 heteroatoms. The summed E-state index contributed by atoms with van der Waals surface area (Å²) in [4.78, 5) is 25.8. The lowest BCUT2D eigenvalue weighted by Gasteiger charge is -2.25. The summed E-state index contributed by atoms with van der Waals surface area (Å²) >= 11 is 0. The maximum absolute atomic E-state index is 12.2. The van der Waals surface area contributed by atoms with Crippen molar-refractivity contribution in [2.75, 3.05) is 32.1 Å². The van der Waals surface area contributed by atoms with E-state index in [2.05, 4.69) is 10.6 Å². The molecule has 1 fully saturated rings. The van der Waals surface area contributed by atoms with Crippen LogP contribution in [0, 0.1) is 0 Å². The molecule has 25 heavy (non-hydrogen) atoms. The van der Waals surface area contributed by atoms with Crippen LogP contribution in [0.15, 0.2) is 24.3 Å². The van der Waals surface area contributed by atoms with Gasteiger partial charge in [0.1, 0.15) is 0 Å². The van der Waals surface area contributed by atoms with Crippen LogP contribution < -0.4 is 10.6 Å². The molecular formula is C19H29N3O3. The molecule has 1 heterocycles. The maximum Gasteiger partial charge on any atom is 0.321 e. The Kier molecular flexibility index (Phi) is 7.73. The number of hydrogen-bond acceptors (Lipinski definition) is 3. The van der Waals surface area contributed by atoms with Crippen LogP contribution in [-0.2, 0) is 4.74 Å². The zero-order chi connectivity index (χ0) is 18.1. The summed E-state index contributed by atoms with van der Waals surface area (Å²) in [5.41, 5.74) is 1.27. The highest BCUT2D eigenvalue weighted by atomic mass is 16.5. The summed E-state index contributed by atoms with van der Waals surface area (Å²) in [6.45, 7) is 4.16. The first-order valence-corrected chi connectivity index (χ1v) is 9.12. The number of nitrogens with one attached hydrogen (secondary N) is 2. The van der Waals surface area contributed by atoms with E-state index in [-0.39, 0.29) is 18.0 Å². The van der Waals surface area contributed by atoms with Gasteiger partial charge in [-0.2, -0.15) is 0 Å². The van der Waals surface area contributed by atoms with Gasteiger partial charge in [-0.1, -0.05) is 6.92 Å². The summed E-state index contributed by atoms with van der Waals surface area (Å²) in [5.74, 6) is -0.0932. The Morgan fingerprint density at radius 2 is 2.00 bits per heavy atom. The number of urea groups is 1. The molecule has 1 unspecified atom stereocenters. The highest BCUT2D eigenvalue weighted by Crippen LogP contribution is 2.16.